The first kappa shape index (κ1) is 13.4. The van der Waals surface area contributed by atoms with Gasteiger partial charge < -0.3 is 15.7 Å². The summed E-state index contributed by atoms with van der Waals surface area (Å²) in [6, 6.07) is 6.39. The van der Waals surface area contributed by atoms with E-state index in [-0.39, 0.29) is 0 Å². The van der Waals surface area contributed by atoms with E-state index in [1.165, 1.54) is 24.0 Å². The summed E-state index contributed by atoms with van der Waals surface area (Å²) in [5.41, 5.74) is 8.25. The second-order valence-corrected chi connectivity index (χ2v) is 5.33. The van der Waals surface area contributed by atoms with Gasteiger partial charge in [0.15, 0.2) is 0 Å². The van der Waals surface area contributed by atoms with Crippen LogP contribution >= 0.6 is 0 Å². The molecular weight excluding hydrogens is 224 g/mol. The Morgan fingerprint density at radius 2 is 2.17 bits per heavy atom. The minimum absolute atomic E-state index is 0.389. The summed E-state index contributed by atoms with van der Waals surface area (Å²) in [6.45, 7) is 1.91. The highest BCUT2D eigenvalue weighted by Gasteiger charge is 2.21. The molecule has 1 aromatic rings. The molecule has 0 spiro atoms. The van der Waals surface area contributed by atoms with Gasteiger partial charge in [-0.15, -0.1) is 0 Å². The first-order valence-electron chi connectivity index (χ1n) is 6.92. The number of benzene rings is 1. The zero-order valence-corrected chi connectivity index (χ0v) is 11.2. The van der Waals surface area contributed by atoms with E-state index in [4.69, 9.17) is 5.73 Å². The Labute approximate surface area is 110 Å². The lowest BCUT2D eigenvalue weighted by atomic mass is 9.87. The third-order valence-electron chi connectivity index (χ3n) is 3.98. The maximum absolute atomic E-state index is 9.56. The molecule has 100 valence electrons. The molecule has 1 unspecified atom stereocenters. The smallest absolute Gasteiger partial charge is 0.115 e. The molecule has 0 bridgehead atoms. The Kier molecular flexibility index (Phi) is 4.61. The lowest BCUT2D eigenvalue weighted by molar-refractivity contribution is 0.218. The number of unbranched alkanes of at least 4 members (excludes halogenated alkanes) is 1. The molecule has 0 heterocycles. The highest BCUT2D eigenvalue weighted by atomic mass is 16.3. The van der Waals surface area contributed by atoms with E-state index >= 15 is 0 Å². The summed E-state index contributed by atoms with van der Waals surface area (Å²) >= 11 is 0. The van der Waals surface area contributed by atoms with Gasteiger partial charge in [-0.25, -0.2) is 0 Å². The van der Waals surface area contributed by atoms with Crippen molar-refractivity contribution in [3.63, 3.8) is 0 Å². The molecule has 0 saturated carbocycles. The van der Waals surface area contributed by atoms with Crippen LogP contribution in [0.5, 0.6) is 5.75 Å². The average Bonchev–Trinajstić information content (AvgIpc) is 2.38. The van der Waals surface area contributed by atoms with E-state index in [1.54, 1.807) is 6.07 Å². The summed E-state index contributed by atoms with van der Waals surface area (Å²) < 4.78 is 0. The van der Waals surface area contributed by atoms with Crippen LogP contribution in [0, 0.1) is 0 Å². The number of aryl methyl sites for hydroxylation is 1. The number of phenols is 1. The van der Waals surface area contributed by atoms with Crippen molar-refractivity contribution in [2.75, 3.05) is 20.1 Å². The molecule has 1 aromatic carbocycles. The molecule has 3 heteroatoms. The van der Waals surface area contributed by atoms with Crippen LogP contribution < -0.4 is 5.73 Å². The molecule has 0 aliphatic heterocycles. The molecule has 0 amide bonds. The van der Waals surface area contributed by atoms with Crippen molar-refractivity contribution in [3.05, 3.63) is 29.3 Å². The SMILES string of the molecule is CN(CCCCN)C1CCc2ccc(O)cc2C1. The fourth-order valence-electron chi connectivity index (χ4n) is 2.79. The largest absolute Gasteiger partial charge is 0.508 e. The number of aromatic hydroxyl groups is 1. The number of rotatable bonds is 5. The van der Waals surface area contributed by atoms with Gasteiger partial charge in [-0.2, -0.15) is 0 Å². The molecule has 0 radical (unpaired) electrons. The van der Waals surface area contributed by atoms with Gasteiger partial charge in [0.1, 0.15) is 5.75 Å². The van der Waals surface area contributed by atoms with Crippen LogP contribution in [0.2, 0.25) is 0 Å². The van der Waals surface area contributed by atoms with E-state index in [0.29, 0.717) is 11.8 Å². The van der Waals surface area contributed by atoms with Crippen LogP contribution in [-0.4, -0.2) is 36.2 Å². The zero-order valence-electron chi connectivity index (χ0n) is 11.2. The zero-order chi connectivity index (χ0) is 13.0. The van der Waals surface area contributed by atoms with Crippen molar-refractivity contribution in [1.29, 1.82) is 0 Å². The topological polar surface area (TPSA) is 49.5 Å². The predicted octanol–water partition coefficient (Wildman–Crippen LogP) is 1.92. The number of nitrogens with two attached hydrogens (primary N) is 1. The van der Waals surface area contributed by atoms with E-state index < -0.39 is 0 Å². The molecule has 1 aliphatic carbocycles. The van der Waals surface area contributed by atoms with E-state index in [0.717, 1.165) is 32.4 Å². The lowest BCUT2D eigenvalue weighted by Gasteiger charge is -2.32. The number of fused-ring (bicyclic) bond motifs is 1. The quantitative estimate of drug-likeness (QED) is 0.783. The van der Waals surface area contributed by atoms with Crippen molar-refractivity contribution in [2.45, 2.75) is 38.1 Å². The van der Waals surface area contributed by atoms with Gasteiger partial charge >= 0.3 is 0 Å². The van der Waals surface area contributed by atoms with Crippen molar-refractivity contribution in [2.24, 2.45) is 5.73 Å². The molecule has 0 fully saturated rings. The van der Waals surface area contributed by atoms with Crippen molar-refractivity contribution < 1.29 is 5.11 Å². The highest BCUT2D eigenvalue weighted by Crippen LogP contribution is 2.27. The molecule has 18 heavy (non-hydrogen) atoms. The normalized spacial score (nSPS) is 18.9. The molecule has 2 rings (SSSR count). The lowest BCUT2D eigenvalue weighted by Crippen LogP contribution is -2.37. The predicted molar refractivity (Wildman–Crippen MR) is 74.8 cm³/mol. The van der Waals surface area contributed by atoms with Gasteiger partial charge in [0.2, 0.25) is 0 Å². The van der Waals surface area contributed by atoms with E-state index in [2.05, 4.69) is 18.0 Å². The third-order valence-corrected chi connectivity index (χ3v) is 3.98. The Hall–Kier alpha value is -1.06. The Morgan fingerprint density at radius 3 is 2.94 bits per heavy atom. The number of nitrogens with zero attached hydrogens (tertiary/aromatic N) is 1. The highest BCUT2D eigenvalue weighted by molar-refractivity contribution is 5.37. The van der Waals surface area contributed by atoms with Gasteiger partial charge in [0.05, 0.1) is 0 Å². The van der Waals surface area contributed by atoms with Crippen LogP contribution in [0.3, 0.4) is 0 Å². The number of likely N-dealkylation sites (N-methyl/N-ethyl adjacent to an activating group) is 1. The molecular formula is C15H24N2O. The molecule has 0 aromatic heterocycles. The summed E-state index contributed by atoms with van der Waals surface area (Å²) in [6.07, 6.45) is 5.69. The first-order valence-corrected chi connectivity index (χ1v) is 6.92. The van der Waals surface area contributed by atoms with Gasteiger partial charge in [0, 0.05) is 6.04 Å². The van der Waals surface area contributed by atoms with Crippen LogP contribution in [0.1, 0.15) is 30.4 Å². The Balaban J connectivity index is 1.94. The maximum Gasteiger partial charge on any atom is 0.115 e. The minimum Gasteiger partial charge on any atom is -0.508 e. The fourth-order valence-corrected chi connectivity index (χ4v) is 2.79. The maximum atomic E-state index is 9.56. The minimum atomic E-state index is 0.389. The summed E-state index contributed by atoms with van der Waals surface area (Å²) in [4.78, 5) is 2.45. The molecule has 3 nitrogen and oxygen atoms in total. The molecule has 3 N–H and O–H groups in total. The van der Waals surface area contributed by atoms with Gasteiger partial charge in [-0.3, -0.25) is 0 Å². The molecule has 1 aliphatic rings. The number of hydrogen-bond acceptors (Lipinski definition) is 3. The Bertz CT molecular complexity index is 392. The van der Waals surface area contributed by atoms with Gasteiger partial charge in [0.25, 0.3) is 0 Å². The van der Waals surface area contributed by atoms with Crippen LogP contribution in [-0.2, 0) is 12.8 Å². The monoisotopic (exact) mass is 248 g/mol. The summed E-state index contributed by atoms with van der Waals surface area (Å²) in [5, 5.41) is 9.56. The van der Waals surface area contributed by atoms with Crippen LogP contribution in [0.4, 0.5) is 0 Å². The van der Waals surface area contributed by atoms with E-state index in [1.807, 2.05) is 6.07 Å². The van der Waals surface area contributed by atoms with Crippen molar-refractivity contribution in [1.82, 2.24) is 4.90 Å². The van der Waals surface area contributed by atoms with Gasteiger partial charge in [-0.05, 0) is 75.5 Å². The number of phenolic OH excluding ortho intramolecular Hbond substituents is 1. The molecule has 1 atom stereocenters. The van der Waals surface area contributed by atoms with E-state index in [9.17, 15) is 5.11 Å². The summed E-state index contributed by atoms with van der Waals surface area (Å²) in [5.74, 6) is 0.389. The Morgan fingerprint density at radius 1 is 1.33 bits per heavy atom. The number of hydrogen-bond donors (Lipinski definition) is 2. The van der Waals surface area contributed by atoms with Crippen molar-refractivity contribution in [3.8, 4) is 5.75 Å². The van der Waals surface area contributed by atoms with Crippen LogP contribution in [0.15, 0.2) is 18.2 Å². The average molecular weight is 248 g/mol. The van der Waals surface area contributed by atoms with Gasteiger partial charge in [-0.1, -0.05) is 6.07 Å². The first-order chi connectivity index (χ1) is 8.70. The standard InChI is InChI=1S/C15H24N2O/c1-17(9-3-2-8-16)14-6-4-12-5-7-15(18)11-13(12)10-14/h5,7,11,14,18H,2-4,6,8-10,16H2,1H3. The fraction of sp³-hybridized carbons (Fsp3) is 0.600. The second-order valence-electron chi connectivity index (χ2n) is 5.33. The molecule has 0 saturated heterocycles. The van der Waals surface area contributed by atoms with Crippen LogP contribution in [0.25, 0.3) is 0 Å². The second kappa shape index (κ2) is 6.21. The third kappa shape index (κ3) is 3.24. The van der Waals surface area contributed by atoms with Crippen molar-refractivity contribution >= 4 is 0 Å². The summed E-state index contributed by atoms with van der Waals surface area (Å²) in [7, 11) is 2.20.